The largest absolute Gasteiger partial charge is 0.462 e. The maximum Gasteiger partial charge on any atom is 0.341 e. The molecule has 0 saturated heterocycles. The molecule has 0 radical (unpaired) electrons. The Morgan fingerprint density at radius 1 is 1.36 bits per heavy atom. The van der Waals surface area contributed by atoms with Gasteiger partial charge >= 0.3 is 5.97 Å². The number of anilines is 1. The molecule has 0 unspecified atom stereocenters. The third-order valence-electron chi connectivity index (χ3n) is 2.60. The second-order valence-corrected chi connectivity index (χ2v) is 6.36. The number of carbonyl (C=O) groups excluding carboxylic acids is 3. The van der Waals surface area contributed by atoms with Gasteiger partial charge in [0.2, 0.25) is 5.91 Å². The number of ether oxygens (including phenoxy) is 1. The van der Waals surface area contributed by atoms with Gasteiger partial charge in [0, 0.05) is 12.3 Å². The Morgan fingerprint density at radius 3 is 2.59 bits per heavy atom. The molecule has 1 rings (SSSR count). The second-order valence-electron chi connectivity index (χ2n) is 4.23. The third-order valence-corrected chi connectivity index (χ3v) is 4.81. The SMILES string of the molecule is CCOC(=O)c1c(NC(=O)CSCCN)sc(C(N)=O)c1C. The molecule has 1 aromatic heterocycles. The number of nitrogens with two attached hydrogens (primary N) is 2. The van der Waals surface area contributed by atoms with Crippen LogP contribution in [0.4, 0.5) is 5.00 Å². The van der Waals surface area contributed by atoms with E-state index in [2.05, 4.69) is 5.32 Å². The number of hydrogen-bond acceptors (Lipinski definition) is 7. The number of carbonyl (C=O) groups is 3. The Labute approximate surface area is 136 Å². The zero-order valence-corrected chi connectivity index (χ0v) is 14.1. The van der Waals surface area contributed by atoms with Crippen LogP contribution in [0.2, 0.25) is 0 Å². The van der Waals surface area contributed by atoms with Crippen LogP contribution < -0.4 is 16.8 Å². The van der Waals surface area contributed by atoms with E-state index in [4.69, 9.17) is 16.2 Å². The summed E-state index contributed by atoms with van der Waals surface area (Å²) >= 11 is 2.36. The summed E-state index contributed by atoms with van der Waals surface area (Å²) in [6, 6.07) is 0. The lowest BCUT2D eigenvalue weighted by atomic mass is 10.1. The van der Waals surface area contributed by atoms with Gasteiger partial charge in [-0.3, -0.25) is 9.59 Å². The first kappa shape index (κ1) is 18.5. The highest BCUT2D eigenvalue weighted by Gasteiger charge is 2.25. The number of nitrogens with one attached hydrogen (secondary N) is 1. The molecule has 0 aliphatic carbocycles. The fraction of sp³-hybridized carbons (Fsp3) is 0.462. The molecule has 0 saturated carbocycles. The second kappa shape index (κ2) is 8.76. The van der Waals surface area contributed by atoms with E-state index in [0.717, 1.165) is 11.3 Å². The lowest BCUT2D eigenvalue weighted by Gasteiger charge is -2.06. The van der Waals surface area contributed by atoms with Gasteiger partial charge in [-0.2, -0.15) is 11.8 Å². The molecule has 7 nitrogen and oxygen atoms in total. The fourth-order valence-electron chi connectivity index (χ4n) is 1.70. The highest BCUT2D eigenvalue weighted by molar-refractivity contribution is 7.99. The molecule has 0 spiro atoms. The Hall–Kier alpha value is -1.58. The van der Waals surface area contributed by atoms with E-state index >= 15 is 0 Å². The summed E-state index contributed by atoms with van der Waals surface area (Å²) in [6.45, 7) is 3.95. The van der Waals surface area contributed by atoms with E-state index in [1.54, 1.807) is 13.8 Å². The quantitative estimate of drug-likeness (QED) is 0.476. The van der Waals surface area contributed by atoms with Crippen LogP contribution in [0, 0.1) is 6.92 Å². The van der Waals surface area contributed by atoms with Gasteiger partial charge < -0.3 is 21.5 Å². The maximum atomic E-state index is 12.0. The first-order chi connectivity index (χ1) is 10.4. The standard InChI is InChI=1S/C13H19N3O4S2/c1-3-20-13(19)9-7(2)10(11(15)18)22-12(9)16-8(17)6-21-5-4-14/h3-6,14H2,1-2H3,(H2,15,18)(H,16,17). The first-order valence-electron chi connectivity index (χ1n) is 6.60. The van der Waals surface area contributed by atoms with Crippen molar-refractivity contribution in [1.82, 2.24) is 0 Å². The van der Waals surface area contributed by atoms with Crippen LogP contribution in [0.5, 0.6) is 0 Å². The summed E-state index contributed by atoms with van der Waals surface area (Å²) in [4.78, 5) is 35.5. The Bertz CT molecular complexity index is 572. The predicted octanol–water partition coefficient (Wildman–Crippen LogP) is 0.963. The molecular formula is C13H19N3O4S2. The number of rotatable bonds is 8. The lowest BCUT2D eigenvalue weighted by molar-refractivity contribution is -0.113. The summed E-state index contributed by atoms with van der Waals surface area (Å²) in [7, 11) is 0. The topological polar surface area (TPSA) is 125 Å². The minimum Gasteiger partial charge on any atom is -0.462 e. The van der Waals surface area contributed by atoms with Crippen LogP contribution in [-0.4, -0.2) is 42.4 Å². The minimum absolute atomic E-state index is 0.179. The molecule has 0 aromatic carbocycles. The molecule has 0 fully saturated rings. The zero-order valence-electron chi connectivity index (χ0n) is 12.4. The molecule has 5 N–H and O–H groups in total. The Balaban J connectivity index is 3.01. The summed E-state index contributed by atoms with van der Waals surface area (Å²) in [5, 5.41) is 2.91. The normalized spacial score (nSPS) is 10.3. The highest BCUT2D eigenvalue weighted by atomic mass is 32.2. The van der Waals surface area contributed by atoms with Crippen molar-refractivity contribution in [3.05, 3.63) is 16.0 Å². The first-order valence-corrected chi connectivity index (χ1v) is 8.57. The van der Waals surface area contributed by atoms with Gasteiger partial charge in [0.25, 0.3) is 5.91 Å². The average Bonchev–Trinajstić information content (AvgIpc) is 2.76. The number of thiophene rings is 1. The summed E-state index contributed by atoms with van der Waals surface area (Å²) in [6.07, 6.45) is 0. The van der Waals surface area contributed by atoms with Crippen molar-refractivity contribution < 1.29 is 19.1 Å². The Morgan fingerprint density at radius 2 is 2.05 bits per heavy atom. The predicted molar refractivity (Wildman–Crippen MR) is 88.5 cm³/mol. The van der Waals surface area contributed by atoms with Crippen LogP contribution in [0.15, 0.2) is 0 Å². The van der Waals surface area contributed by atoms with Crippen LogP contribution in [-0.2, 0) is 9.53 Å². The number of hydrogen-bond donors (Lipinski definition) is 3. The van der Waals surface area contributed by atoms with E-state index in [9.17, 15) is 14.4 Å². The van der Waals surface area contributed by atoms with Crippen LogP contribution in [0.25, 0.3) is 0 Å². The molecule has 22 heavy (non-hydrogen) atoms. The average molecular weight is 345 g/mol. The number of esters is 1. The van der Waals surface area contributed by atoms with E-state index in [0.29, 0.717) is 17.9 Å². The molecular weight excluding hydrogens is 326 g/mol. The number of primary amides is 1. The summed E-state index contributed by atoms with van der Waals surface area (Å²) in [5.41, 5.74) is 11.2. The van der Waals surface area contributed by atoms with Gasteiger partial charge in [0.1, 0.15) is 5.00 Å². The summed E-state index contributed by atoms with van der Waals surface area (Å²) in [5.74, 6) is -0.641. The van der Waals surface area contributed by atoms with Crippen LogP contribution >= 0.6 is 23.1 Å². The van der Waals surface area contributed by atoms with Crippen molar-refractivity contribution in [3.8, 4) is 0 Å². The van der Waals surface area contributed by atoms with E-state index in [1.807, 2.05) is 0 Å². The van der Waals surface area contributed by atoms with Gasteiger partial charge in [-0.15, -0.1) is 11.3 Å². The molecule has 0 bridgehead atoms. The van der Waals surface area contributed by atoms with Crippen molar-refractivity contribution in [1.29, 1.82) is 0 Å². The van der Waals surface area contributed by atoms with Crippen LogP contribution in [0.1, 0.15) is 32.5 Å². The van der Waals surface area contributed by atoms with Gasteiger partial charge in [0.05, 0.1) is 22.8 Å². The maximum absolute atomic E-state index is 12.0. The third kappa shape index (κ3) is 4.72. The lowest BCUT2D eigenvalue weighted by Crippen LogP contribution is -2.17. The Kier molecular flexibility index (Phi) is 7.36. The van der Waals surface area contributed by atoms with Gasteiger partial charge in [-0.25, -0.2) is 4.79 Å². The molecule has 9 heteroatoms. The van der Waals surface area contributed by atoms with Gasteiger partial charge in [0.15, 0.2) is 0 Å². The molecule has 0 atom stereocenters. The van der Waals surface area contributed by atoms with E-state index in [1.165, 1.54) is 11.8 Å². The monoisotopic (exact) mass is 345 g/mol. The van der Waals surface area contributed by atoms with Crippen molar-refractivity contribution in [2.24, 2.45) is 11.5 Å². The molecule has 1 heterocycles. The van der Waals surface area contributed by atoms with Crippen molar-refractivity contribution >= 4 is 45.9 Å². The van der Waals surface area contributed by atoms with E-state index in [-0.39, 0.29) is 33.7 Å². The van der Waals surface area contributed by atoms with Crippen LogP contribution in [0.3, 0.4) is 0 Å². The molecule has 1 aromatic rings. The van der Waals surface area contributed by atoms with Gasteiger partial charge in [-0.1, -0.05) is 0 Å². The zero-order chi connectivity index (χ0) is 16.7. The molecule has 2 amide bonds. The fourth-order valence-corrected chi connectivity index (χ4v) is 3.33. The minimum atomic E-state index is -0.647. The van der Waals surface area contributed by atoms with Crippen molar-refractivity contribution in [2.75, 3.05) is 30.0 Å². The molecule has 122 valence electrons. The summed E-state index contributed by atoms with van der Waals surface area (Å²) < 4.78 is 4.97. The smallest absolute Gasteiger partial charge is 0.341 e. The van der Waals surface area contributed by atoms with E-state index < -0.39 is 11.9 Å². The number of thioether (sulfide) groups is 1. The number of amides is 2. The highest BCUT2D eigenvalue weighted by Crippen LogP contribution is 2.33. The van der Waals surface area contributed by atoms with Crippen molar-refractivity contribution in [2.45, 2.75) is 13.8 Å². The molecule has 0 aliphatic rings. The van der Waals surface area contributed by atoms with Gasteiger partial charge in [-0.05, 0) is 19.4 Å². The van der Waals surface area contributed by atoms with Crippen molar-refractivity contribution in [3.63, 3.8) is 0 Å². The molecule has 0 aliphatic heterocycles.